The highest BCUT2D eigenvalue weighted by atomic mass is 32.2. The van der Waals surface area contributed by atoms with Gasteiger partial charge in [-0.15, -0.1) is 0 Å². The van der Waals surface area contributed by atoms with Crippen LogP contribution in [0.3, 0.4) is 0 Å². The summed E-state index contributed by atoms with van der Waals surface area (Å²) in [4.78, 5) is 15.0. The Balaban J connectivity index is 1.99. The Bertz CT molecular complexity index is 691. The summed E-state index contributed by atoms with van der Waals surface area (Å²) < 4.78 is 25.3. The molecule has 6 nitrogen and oxygen atoms in total. The van der Waals surface area contributed by atoms with Gasteiger partial charge in [0.15, 0.2) is 0 Å². The Kier molecular flexibility index (Phi) is 6.24. The SMILES string of the molecule is CN(C)S(=O)(=O)c1ccc(C(=O)NCC(C)(C)N2CCCCC2)cc1. The molecule has 0 unspecified atom stereocenters. The van der Waals surface area contributed by atoms with Gasteiger partial charge in [-0.1, -0.05) is 6.42 Å². The number of hydrogen-bond donors (Lipinski definition) is 1. The van der Waals surface area contributed by atoms with E-state index in [0.29, 0.717) is 12.1 Å². The number of benzene rings is 1. The quantitative estimate of drug-likeness (QED) is 0.834. The lowest BCUT2D eigenvalue weighted by Crippen LogP contribution is -2.53. The standard InChI is InChI=1S/C18H29N3O3S/c1-18(2,21-12-6-5-7-13-21)14-19-17(22)15-8-10-16(11-9-15)25(23,24)20(3)4/h8-11H,5-7,12-14H2,1-4H3,(H,19,22). The van der Waals surface area contributed by atoms with Crippen LogP contribution in [0.1, 0.15) is 43.5 Å². The summed E-state index contributed by atoms with van der Waals surface area (Å²) in [6, 6.07) is 6.05. The molecule has 0 bridgehead atoms. The summed E-state index contributed by atoms with van der Waals surface area (Å²) in [7, 11) is -0.505. The number of amides is 1. The molecule has 0 saturated carbocycles. The topological polar surface area (TPSA) is 69.7 Å². The molecule has 0 atom stereocenters. The molecule has 7 heteroatoms. The van der Waals surface area contributed by atoms with Crippen LogP contribution in [-0.4, -0.2) is 62.8 Å². The van der Waals surface area contributed by atoms with Crippen molar-refractivity contribution in [1.82, 2.24) is 14.5 Å². The summed E-state index contributed by atoms with van der Waals surface area (Å²) in [5, 5.41) is 2.98. The van der Waals surface area contributed by atoms with Crippen molar-refractivity contribution >= 4 is 15.9 Å². The second-order valence-electron chi connectivity index (χ2n) is 7.35. The minimum Gasteiger partial charge on any atom is -0.350 e. The van der Waals surface area contributed by atoms with Crippen LogP contribution in [0.5, 0.6) is 0 Å². The molecule has 1 aliphatic heterocycles. The molecule has 1 heterocycles. The van der Waals surface area contributed by atoms with Crippen molar-refractivity contribution in [3.8, 4) is 0 Å². The maximum Gasteiger partial charge on any atom is 0.251 e. The Hall–Kier alpha value is -1.44. The van der Waals surface area contributed by atoms with Gasteiger partial charge < -0.3 is 5.32 Å². The molecule has 0 aliphatic carbocycles. The third-order valence-electron chi connectivity index (χ3n) is 4.79. The van der Waals surface area contributed by atoms with Crippen molar-refractivity contribution in [2.45, 2.75) is 43.5 Å². The van der Waals surface area contributed by atoms with Gasteiger partial charge in [0.05, 0.1) is 4.90 Å². The van der Waals surface area contributed by atoms with Crippen LogP contribution >= 0.6 is 0 Å². The number of carbonyl (C=O) groups excluding carboxylic acids is 1. The smallest absolute Gasteiger partial charge is 0.251 e. The molecule has 1 aromatic carbocycles. The number of sulfonamides is 1. The van der Waals surface area contributed by atoms with Crippen LogP contribution in [0.2, 0.25) is 0 Å². The molecule has 1 aliphatic rings. The van der Waals surface area contributed by atoms with Gasteiger partial charge in [-0.2, -0.15) is 0 Å². The number of hydrogen-bond acceptors (Lipinski definition) is 4. The van der Waals surface area contributed by atoms with Crippen molar-refractivity contribution in [2.75, 3.05) is 33.7 Å². The van der Waals surface area contributed by atoms with Crippen LogP contribution < -0.4 is 5.32 Å². The molecular formula is C18H29N3O3S. The summed E-state index contributed by atoms with van der Waals surface area (Å²) in [5.74, 6) is -0.182. The molecule has 1 fully saturated rings. The molecule has 0 aromatic heterocycles. The number of rotatable bonds is 6. The van der Waals surface area contributed by atoms with Gasteiger partial charge in [0.25, 0.3) is 5.91 Å². The number of piperidine rings is 1. The molecule has 1 aromatic rings. The molecule has 1 amide bonds. The van der Waals surface area contributed by atoms with E-state index >= 15 is 0 Å². The maximum atomic E-state index is 12.4. The van der Waals surface area contributed by atoms with Crippen molar-refractivity contribution in [3.63, 3.8) is 0 Å². The minimum absolute atomic E-state index is 0.0930. The lowest BCUT2D eigenvalue weighted by molar-refractivity contribution is 0.0797. The monoisotopic (exact) mass is 367 g/mol. The maximum absolute atomic E-state index is 12.4. The van der Waals surface area contributed by atoms with Crippen LogP contribution in [0.25, 0.3) is 0 Å². The largest absolute Gasteiger partial charge is 0.350 e. The van der Waals surface area contributed by atoms with Gasteiger partial charge in [-0.3, -0.25) is 9.69 Å². The van der Waals surface area contributed by atoms with Crippen molar-refractivity contribution in [2.24, 2.45) is 0 Å². The summed E-state index contributed by atoms with van der Waals surface area (Å²) >= 11 is 0. The zero-order valence-electron chi connectivity index (χ0n) is 15.6. The first-order valence-electron chi connectivity index (χ1n) is 8.70. The molecule has 140 valence electrons. The van der Waals surface area contributed by atoms with Gasteiger partial charge in [0, 0.05) is 31.7 Å². The normalized spacial score (nSPS) is 16.8. The molecule has 1 saturated heterocycles. The first kappa shape index (κ1) is 19.9. The predicted molar refractivity (Wildman–Crippen MR) is 99.2 cm³/mol. The lowest BCUT2D eigenvalue weighted by atomic mass is 9.98. The second-order valence-corrected chi connectivity index (χ2v) is 9.51. The summed E-state index contributed by atoms with van der Waals surface area (Å²) in [6.45, 7) is 6.99. The van der Waals surface area contributed by atoms with Crippen molar-refractivity contribution < 1.29 is 13.2 Å². The first-order chi connectivity index (χ1) is 11.6. The van der Waals surface area contributed by atoms with Gasteiger partial charge in [0.1, 0.15) is 0 Å². The number of carbonyl (C=O) groups is 1. The van der Waals surface area contributed by atoms with Crippen molar-refractivity contribution in [3.05, 3.63) is 29.8 Å². The van der Waals surface area contributed by atoms with Gasteiger partial charge >= 0.3 is 0 Å². The van der Waals surface area contributed by atoms with Gasteiger partial charge in [-0.25, -0.2) is 12.7 Å². The Morgan fingerprint density at radius 2 is 1.68 bits per heavy atom. The van der Waals surface area contributed by atoms with E-state index in [2.05, 4.69) is 24.1 Å². The molecule has 1 N–H and O–H groups in total. The fourth-order valence-corrected chi connectivity index (χ4v) is 3.90. The van der Waals surface area contributed by atoms with Crippen LogP contribution in [0, 0.1) is 0 Å². The predicted octanol–water partition coefficient (Wildman–Crippen LogP) is 1.93. The Morgan fingerprint density at radius 1 is 1.12 bits per heavy atom. The Labute approximate surface area is 151 Å². The molecule has 0 radical (unpaired) electrons. The van der Waals surface area contributed by atoms with E-state index in [1.54, 1.807) is 12.1 Å². The van der Waals surface area contributed by atoms with E-state index in [0.717, 1.165) is 17.4 Å². The Morgan fingerprint density at radius 3 is 2.20 bits per heavy atom. The zero-order valence-corrected chi connectivity index (χ0v) is 16.4. The average Bonchev–Trinajstić information content (AvgIpc) is 2.60. The van der Waals surface area contributed by atoms with E-state index in [1.807, 2.05) is 0 Å². The van der Waals surface area contributed by atoms with E-state index in [1.165, 1.54) is 45.5 Å². The lowest BCUT2D eigenvalue weighted by Gasteiger charge is -2.41. The highest BCUT2D eigenvalue weighted by Crippen LogP contribution is 2.20. The highest BCUT2D eigenvalue weighted by Gasteiger charge is 2.28. The second kappa shape index (κ2) is 7.85. The summed E-state index contributed by atoms with van der Waals surface area (Å²) in [6.07, 6.45) is 3.69. The molecular weight excluding hydrogens is 338 g/mol. The van der Waals surface area contributed by atoms with Gasteiger partial charge in [0.2, 0.25) is 10.0 Å². The fourth-order valence-electron chi connectivity index (χ4n) is 3.00. The molecule has 0 spiro atoms. The number of likely N-dealkylation sites (tertiary alicyclic amines) is 1. The zero-order chi connectivity index (χ0) is 18.7. The third kappa shape index (κ3) is 4.80. The number of nitrogens with zero attached hydrogens (tertiary/aromatic N) is 2. The first-order valence-corrected chi connectivity index (χ1v) is 10.1. The summed E-state index contributed by atoms with van der Waals surface area (Å²) in [5.41, 5.74) is 0.372. The molecule has 2 rings (SSSR count). The molecule has 25 heavy (non-hydrogen) atoms. The van der Waals surface area contributed by atoms with Crippen LogP contribution in [0.4, 0.5) is 0 Å². The van der Waals surface area contributed by atoms with E-state index in [-0.39, 0.29) is 16.3 Å². The van der Waals surface area contributed by atoms with Crippen molar-refractivity contribution in [1.29, 1.82) is 0 Å². The number of nitrogens with one attached hydrogen (secondary N) is 1. The minimum atomic E-state index is -3.47. The fraction of sp³-hybridized carbons (Fsp3) is 0.611. The third-order valence-corrected chi connectivity index (χ3v) is 6.62. The van der Waals surface area contributed by atoms with E-state index < -0.39 is 10.0 Å². The van der Waals surface area contributed by atoms with Gasteiger partial charge in [-0.05, 0) is 64.0 Å². The van der Waals surface area contributed by atoms with E-state index in [4.69, 9.17) is 0 Å². The highest BCUT2D eigenvalue weighted by molar-refractivity contribution is 7.89. The van der Waals surface area contributed by atoms with Crippen LogP contribution in [-0.2, 0) is 10.0 Å². The van der Waals surface area contributed by atoms with Crippen LogP contribution in [0.15, 0.2) is 29.2 Å². The average molecular weight is 368 g/mol. The van der Waals surface area contributed by atoms with E-state index in [9.17, 15) is 13.2 Å².